The number of aliphatic hydroxyl groups is 1. The van der Waals surface area contributed by atoms with Gasteiger partial charge in [-0.2, -0.15) is 0 Å². The Kier molecular flexibility index (Phi) is 8.32. The summed E-state index contributed by atoms with van der Waals surface area (Å²) in [6, 6.07) is 7.67. The van der Waals surface area contributed by atoms with Crippen LogP contribution in [0.2, 0.25) is 5.02 Å². The highest BCUT2D eigenvalue weighted by Crippen LogP contribution is 2.33. The van der Waals surface area contributed by atoms with Gasteiger partial charge in [0, 0.05) is 54.4 Å². The largest absolute Gasteiger partial charge is 0.392 e. The van der Waals surface area contributed by atoms with E-state index in [4.69, 9.17) is 16.3 Å². The zero-order chi connectivity index (χ0) is 24.0. The molecule has 3 N–H and O–H groups in total. The number of nitrogens with one attached hydrogen (secondary N) is 2. The number of nitrogens with zero attached hydrogens (tertiary/aromatic N) is 2. The Bertz CT molecular complexity index is 1130. The first-order valence-electron chi connectivity index (χ1n) is 10.4. The van der Waals surface area contributed by atoms with Crippen molar-refractivity contribution < 1.29 is 19.0 Å². The highest BCUT2D eigenvalue weighted by molar-refractivity contribution is 6.30. The van der Waals surface area contributed by atoms with E-state index in [2.05, 4.69) is 20.6 Å². The average Bonchev–Trinajstić information content (AvgIpc) is 2.79. The molecule has 174 valence electrons. The fourth-order valence-corrected chi connectivity index (χ4v) is 3.48. The number of amides is 1. The Morgan fingerprint density at radius 1 is 1.21 bits per heavy atom. The van der Waals surface area contributed by atoms with Crippen LogP contribution in [0.4, 0.5) is 15.8 Å². The van der Waals surface area contributed by atoms with E-state index in [1.807, 2.05) is 6.92 Å². The molecule has 2 unspecified atom stereocenters. The van der Waals surface area contributed by atoms with Crippen LogP contribution >= 0.6 is 11.6 Å². The Morgan fingerprint density at radius 2 is 2.00 bits per heavy atom. The van der Waals surface area contributed by atoms with E-state index in [1.54, 1.807) is 38.6 Å². The van der Waals surface area contributed by atoms with E-state index >= 15 is 0 Å². The number of anilines is 2. The third-order valence-electron chi connectivity index (χ3n) is 4.98. The molecule has 7 nitrogen and oxygen atoms in total. The molecule has 0 spiro atoms. The number of hydrogen-bond donors (Lipinski definition) is 3. The van der Waals surface area contributed by atoms with Gasteiger partial charge < -0.3 is 20.5 Å². The van der Waals surface area contributed by atoms with E-state index in [1.165, 1.54) is 24.4 Å². The van der Waals surface area contributed by atoms with Gasteiger partial charge >= 0.3 is 0 Å². The van der Waals surface area contributed by atoms with E-state index in [0.29, 0.717) is 34.3 Å². The van der Waals surface area contributed by atoms with Crippen molar-refractivity contribution in [1.29, 1.82) is 0 Å². The lowest BCUT2D eigenvalue weighted by molar-refractivity contribution is 0.0924. The summed E-state index contributed by atoms with van der Waals surface area (Å²) >= 11 is 6.07. The van der Waals surface area contributed by atoms with Crippen LogP contribution in [0, 0.1) is 5.82 Å². The highest BCUT2D eigenvalue weighted by Gasteiger charge is 2.18. The number of carbonyl (C=O) groups excluding carboxylic acids is 1. The quantitative estimate of drug-likeness (QED) is 0.423. The van der Waals surface area contributed by atoms with Gasteiger partial charge in [-0.05, 0) is 42.8 Å². The molecule has 0 saturated heterocycles. The number of rotatable bonds is 9. The van der Waals surface area contributed by atoms with Crippen LogP contribution in [0.25, 0.3) is 11.3 Å². The fourth-order valence-electron chi connectivity index (χ4n) is 3.31. The molecule has 0 fully saturated rings. The third-order valence-corrected chi connectivity index (χ3v) is 5.21. The summed E-state index contributed by atoms with van der Waals surface area (Å²) in [6.45, 7) is 4.11. The van der Waals surface area contributed by atoms with Crippen molar-refractivity contribution in [3.05, 3.63) is 70.9 Å². The SMILES string of the molecule is COCC(C)c1cnc(-c2cc(Cl)ccc2F)cc1Nc1ccncc1C(=O)NCC(C)O. The molecule has 33 heavy (non-hydrogen) atoms. The minimum Gasteiger partial charge on any atom is -0.392 e. The molecule has 2 heterocycles. The normalized spacial score (nSPS) is 12.8. The molecule has 9 heteroatoms. The summed E-state index contributed by atoms with van der Waals surface area (Å²) < 4.78 is 19.8. The Hall–Kier alpha value is -3.07. The predicted molar refractivity (Wildman–Crippen MR) is 126 cm³/mol. The number of hydrogen-bond acceptors (Lipinski definition) is 6. The number of aromatic nitrogens is 2. The Balaban J connectivity index is 2.04. The first-order chi connectivity index (χ1) is 15.8. The number of pyridine rings is 2. The second-order valence-electron chi connectivity index (χ2n) is 7.74. The zero-order valence-corrected chi connectivity index (χ0v) is 19.4. The molecule has 3 rings (SSSR count). The molecule has 3 aromatic rings. The molecular weight excluding hydrogens is 447 g/mol. The van der Waals surface area contributed by atoms with E-state index in [0.717, 1.165) is 5.56 Å². The van der Waals surface area contributed by atoms with Gasteiger partial charge in [0.2, 0.25) is 0 Å². The van der Waals surface area contributed by atoms with E-state index in [-0.39, 0.29) is 23.9 Å². The molecule has 1 amide bonds. The van der Waals surface area contributed by atoms with Crippen LogP contribution in [0.15, 0.2) is 48.9 Å². The average molecular weight is 473 g/mol. The van der Waals surface area contributed by atoms with Crippen molar-refractivity contribution in [3.8, 4) is 11.3 Å². The van der Waals surface area contributed by atoms with Crippen molar-refractivity contribution in [1.82, 2.24) is 15.3 Å². The minimum absolute atomic E-state index is 0.0300. The van der Waals surface area contributed by atoms with Crippen molar-refractivity contribution in [2.45, 2.75) is 25.9 Å². The zero-order valence-electron chi connectivity index (χ0n) is 18.6. The molecule has 0 aliphatic carbocycles. The van der Waals surface area contributed by atoms with Crippen LogP contribution in [-0.4, -0.2) is 47.3 Å². The molecule has 2 atom stereocenters. The van der Waals surface area contributed by atoms with Crippen LogP contribution in [0.5, 0.6) is 0 Å². The molecule has 2 aromatic heterocycles. The summed E-state index contributed by atoms with van der Waals surface area (Å²) in [7, 11) is 1.61. The van der Waals surface area contributed by atoms with Crippen LogP contribution < -0.4 is 10.6 Å². The first-order valence-corrected chi connectivity index (χ1v) is 10.8. The Labute approximate surface area is 197 Å². The lowest BCUT2D eigenvalue weighted by atomic mass is 9.99. The van der Waals surface area contributed by atoms with Gasteiger partial charge in [0.1, 0.15) is 5.82 Å². The van der Waals surface area contributed by atoms with Gasteiger partial charge in [-0.15, -0.1) is 0 Å². The van der Waals surface area contributed by atoms with Gasteiger partial charge in [0.15, 0.2) is 0 Å². The van der Waals surface area contributed by atoms with Gasteiger partial charge in [0.05, 0.1) is 29.7 Å². The van der Waals surface area contributed by atoms with Gasteiger partial charge in [-0.25, -0.2) is 4.39 Å². The van der Waals surface area contributed by atoms with E-state index in [9.17, 15) is 14.3 Å². The lowest BCUT2D eigenvalue weighted by Gasteiger charge is -2.19. The standard InChI is InChI=1S/C24H26ClFN4O3/c1-14(13-33-3)18-12-28-22(17-8-16(25)4-5-20(17)26)9-23(18)30-21-6-7-27-11-19(21)24(32)29-10-15(2)31/h4-9,11-12,14-15,31H,10,13H2,1-3H3,(H,29,32)(H,27,28,30). The minimum atomic E-state index is -0.682. The molecule has 0 saturated carbocycles. The van der Waals surface area contributed by atoms with Crippen LogP contribution in [0.1, 0.15) is 35.7 Å². The molecule has 1 aromatic carbocycles. The summed E-state index contributed by atoms with van der Waals surface area (Å²) in [5.41, 5.74) is 2.93. The maximum absolute atomic E-state index is 14.5. The third kappa shape index (κ3) is 6.25. The van der Waals surface area contributed by atoms with Crippen molar-refractivity contribution in [2.75, 3.05) is 25.6 Å². The highest BCUT2D eigenvalue weighted by atomic mass is 35.5. The summed E-state index contributed by atoms with van der Waals surface area (Å²) in [5, 5.41) is 15.8. The smallest absolute Gasteiger partial charge is 0.255 e. The molecule has 0 radical (unpaired) electrons. The summed E-state index contributed by atoms with van der Waals surface area (Å²) in [4.78, 5) is 21.2. The van der Waals surface area contributed by atoms with Crippen LogP contribution in [-0.2, 0) is 4.74 Å². The second kappa shape index (κ2) is 11.2. The summed E-state index contributed by atoms with van der Waals surface area (Å²) in [5.74, 6) is -0.858. The van der Waals surface area contributed by atoms with Gasteiger partial charge in [-0.3, -0.25) is 14.8 Å². The molecular formula is C24H26ClFN4O3. The van der Waals surface area contributed by atoms with Crippen molar-refractivity contribution in [2.24, 2.45) is 0 Å². The van der Waals surface area contributed by atoms with Crippen LogP contribution in [0.3, 0.4) is 0 Å². The van der Waals surface area contributed by atoms with Gasteiger partial charge in [0.25, 0.3) is 5.91 Å². The molecule has 0 aliphatic heterocycles. The van der Waals surface area contributed by atoms with Crippen molar-refractivity contribution in [3.63, 3.8) is 0 Å². The monoisotopic (exact) mass is 472 g/mol. The van der Waals surface area contributed by atoms with Gasteiger partial charge in [-0.1, -0.05) is 18.5 Å². The van der Waals surface area contributed by atoms with E-state index < -0.39 is 11.9 Å². The fraction of sp³-hybridized carbons (Fsp3) is 0.292. The molecule has 0 bridgehead atoms. The number of halogens is 2. The number of methoxy groups -OCH3 is 1. The number of carbonyl (C=O) groups is 1. The number of benzene rings is 1. The van der Waals surface area contributed by atoms with Crippen molar-refractivity contribution >= 4 is 28.9 Å². The first kappa shape index (κ1) is 24.6. The summed E-state index contributed by atoms with van der Waals surface area (Å²) in [6.07, 6.45) is 3.98. The maximum atomic E-state index is 14.5. The predicted octanol–water partition coefficient (Wildman–Crippen LogP) is 4.54. The number of aliphatic hydroxyl groups excluding tert-OH is 1. The number of ether oxygens (including phenoxy) is 1. The lowest BCUT2D eigenvalue weighted by Crippen LogP contribution is -2.31. The maximum Gasteiger partial charge on any atom is 0.255 e. The topological polar surface area (TPSA) is 96.4 Å². The Morgan fingerprint density at radius 3 is 2.73 bits per heavy atom. The molecule has 0 aliphatic rings. The second-order valence-corrected chi connectivity index (χ2v) is 8.18.